The Balaban J connectivity index is 1.67. The molecule has 7 rings (SSSR count). The van der Waals surface area contributed by atoms with Gasteiger partial charge in [0.25, 0.3) is 0 Å². The van der Waals surface area contributed by atoms with E-state index in [4.69, 9.17) is 18.9 Å². The van der Waals surface area contributed by atoms with Crippen LogP contribution in [0.1, 0.15) is 26.9 Å². The number of aliphatic hydroxyl groups excluding tert-OH is 2. The third-order valence-electron chi connectivity index (χ3n) is 7.48. The summed E-state index contributed by atoms with van der Waals surface area (Å²) in [5.74, 6) is -1.44. The summed E-state index contributed by atoms with van der Waals surface area (Å²) in [7, 11) is 2.82. The highest BCUT2D eigenvalue weighted by atomic mass is 16.7. The number of carbonyl (C=O) groups excluding carboxylic acids is 2. The van der Waals surface area contributed by atoms with Gasteiger partial charge in [0.2, 0.25) is 0 Å². The van der Waals surface area contributed by atoms with Crippen LogP contribution in [0.2, 0.25) is 0 Å². The van der Waals surface area contributed by atoms with Crippen molar-refractivity contribution in [3.63, 3.8) is 0 Å². The third-order valence-corrected chi connectivity index (χ3v) is 7.48. The summed E-state index contributed by atoms with van der Waals surface area (Å²) in [6, 6.07) is 14.8. The van der Waals surface area contributed by atoms with Crippen LogP contribution in [0.4, 0.5) is 0 Å². The number of para-hydroxylation sites is 2. The molecule has 0 saturated carbocycles. The molecule has 2 aliphatic rings. The van der Waals surface area contributed by atoms with Crippen molar-refractivity contribution in [1.82, 2.24) is 9.55 Å². The maximum atomic E-state index is 13.1. The molecule has 188 valence electrons. The van der Waals surface area contributed by atoms with Crippen LogP contribution >= 0.6 is 0 Å². The Bertz CT molecular complexity index is 1770. The molecular formula is C27H22N2O8. The van der Waals surface area contributed by atoms with Crippen molar-refractivity contribution in [3.05, 3.63) is 59.7 Å². The number of rotatable bonds is 3. The fourth-order valence-electron chi connectivity index (χ4n) is 5.92. The maximum absolute atomic E-state index is 13.1. The molecule has 1 fully saturated rings. The minimum Gasteiger partial charge on any atom is -0.387 e. The number of ether oxygens (including phenoxy) is 4. The van der Waals surface area contributed by atoms with E-state index in [-0.39, 0.29) is 11.1 Å². The first-order chi connectivity index (χ1) is 18.0. The topological polar surface area (TPSA) is 132 Å². The number of carbonyl (C=O) groups is 2. The average Bonchev–Trinajstić information content (AvgIpc) is 3.54. The van der Waals surface area contributed by atoms with Crippen molar-refractivity contribution in [1.29, 1.82) is 0 Å². The zero-order valence-corrected chi connectivity index (χ0v) is 19.8. The van der Waals surface area contributed by atoms with Crippen LogP contribution in [0.5, 0.6) is 0 Å². The second-order valence-electron chi connectivity index (χ2n) is 9.27. The fraction of sp³-hybridized carbons (Fsp3) is 0.259. The van der Waals surface area contributed by atoms with Crippen LogP contribution in [0, 0.1) is 0 Å². The van der Waals surface area contributed by atoms with E-state index in [0.29, 0.717) is 32.7 Å². The van der Waals surface area contributed by atoms with Crippen LogP contribution in [-0.2, 0) is 18.9 Å². The van der Waals surface area contributed by atoms with Crippen LogP contribution in [0.25, 0.3) is 43.6 Å². The second-order valence-corrected chi connectivity index (χ2v) is 9.27. The number of esters is 2. The molecular weight excluding hydrogens is 480 g/mol. The molecule has 0 amide bonds. The second kappa shape index (κ2) is 7.85. The number of aliphatic hydroxyl groups is 2. The molecule has 0 spiro atoms. The molecule has 0 bridgehead atoms. The van der Waals surface area contributed by atoms with Gasteiger partial charge < -0.3 is 38.7 Å². The van der Waals surface area contributed by atoms with E-state index in [1.54, 1.807) is 4.57 Å². The van der Waals surface area contributed by atoms with Crippen LogP contribution in [0.15, 0.2) is 48.5 Å². The summed E-state index contributed by atoms with van der Waals surface area (Å²) < 4.78 is 23.8. The van der Waals surface area contributed by atoms with E-state index in [2.05, 4.69) is 4.98 Å². The number of aromatic nitrogens is 2. The van der Waals surface area contributed by atoms with Gasteiger partial charge >= 0.3 is 11.9 Å². The van der Waals surface area contributed by atoms with Crippen molar-refractivity contribution in [2.75, 3.05) is 14.2 Å². The Hall–Kier alpha value is -3.80. The fourth-order valence-corrected chi connectivity index (χ4v) is 5.92. The first-order valence-electron chi connectivity index (χ1n) is 11.8. The number of hydrogen-bond acceptors (Lipinski definition) is 8. The zero-order chi connectivity index (χ0) is 25.6. The monoisotopic (exact) mass is 502 g/mol. The maximum Gasteiger partial charge on any atom is 0.347 e. The normalized spacial score (nSPS) is 26.0. The van der Waals surface area contributed by atoms with Crippen LogP contribution in [-0.4, -0.2) is 70.5 Å². The van der Waals surface area contributed by atoms with Crippen molar-refractivity contribution in [3.8, 4) is 0 Å². The molecule has 10 nitrogen and oxygen atoms in total. The van der Waals surface area contributed by atoms with Gasteiger partial charge in [-0.05, 0) is 12.1 Å². The van der Waals surface area contributed by atoms with Gasteiger partial charge in [-0.2, -0.15) is 0 Å². The first kappa shape index (κ1) is 22.4. The summed E-state index contributed by atoms with van der Waals surface area (Å²) in [6.07, 6.45) is -5.76. The van der Waals surface area contributed by atoms with Crippen molar-refractivity contribution >= 4 is 55.6 Å². The Morgan fingerprint density at radius 2 is 1.54 bits per heavy atom. The quantitative estimate of drug-likeness (QED) is 0.253. The van der Waals surface area contributed by atoms with E-state index in [1.807, 2.05) is 48.5 Å². The lowest BCUT2D eigenvalue weighted by Gasteiger charge is -2.42. The van der Waals surface area contributed by atoms with Gasteiger partial charge in [0.1, 0.15) is 18.3 Å². The van der Waals surface area contributed by atoms with E-state index in [0.717, 1.165) is 10.9 Å². The number of cyclic esters (lactones) is 2. The molecule has 1 saturated heterocycles. The summed E-state index contributed by atoms with van der Waals surface area (Å²) in [4.78, 5) is 29.5. The molecule has 2 aromatic heterocycles. The SMILES string of the molecule is CO[C@@H]1OC(n2c3ccccc3c3c4c(c5c6ccccc6[nH]c5c32)C(=O)OC4=O)[C@@H](O)[C@H](O)[C@@H]1OC. The largest absolute Gasteiger partial charge is 0.387 e. The van der Waals surface area contributed by atoms with Crippen molar-refractivity contribution < 1.29 is 38.7 Å². The molecule has 0 radical (unpaired) electrons. The first-order valence-corrected chi connectivity index (χ1v) is 11.8. The van der Waals surface area contributed by atoms with E-state index in [1.165, 1.54) is 14.2 Å². The zero-order valence-electron chi connectivity index (χ0n) is 19.8. The van der Waals surface area contributed by atoms with E-state index in [9.17, 15) is 19.8 Å². The molecule has 10 heteroatoms. The lowest BCUT2D eigenvalue weighted by Crippen LogP contribution is -2.56. The number of fused-ring (bicyclic) bond motifs is 10. The number of aromatic amines is 1. The number of hydrogen-bond donors (Lipinski definition) is 3. The molecule has 2 aliphatic heterocycles. The highest BCUT2D eigenvalue weighted by Crippen LogP contribution is 2.46. The Morgan fingerprint density at radius 3 is 2.27 bits per heavy atom. The lowest BCUT2D eigenvalue weighted by atomic mass is 9.96. The van der Waals surface area contributed by atoms with Crippen LogP contribution in [0.3, 0.4) is 0 Å². The summed E-state index contributed by atoms with van der Waals surface area (Å²) in [5, 5.41) is 24.6. The molecule has 3 N–H and O–H groups in total. The van der Waals surface area contributed by atoms with E-state index < -0.39 is 42.8 Å². The predicted octanol–water partition coefficient (Wildman–Crippen LogP) is 2.98. The molecule has 4 heterocycles. The van der Waals surface area contributed by atoms with Gasteiger partial charge in [0.05, 0.1) is 27.7 Å². The van der Waals surface area contributed by atoms with Gasteiger partial charge in [-0.25, -0.2) is 9.59 Å². The number of methoxy groups -OCH3 is 2. The molecule has 1 unspecified atom stereocenters. The Kier molecular flexibility index (Phi) is 4.75. The Morgan fingerprint density at radius 1 is 0.865 bits per heavy atom. The van der Waals surface area contributed by atoms with Gasteiger partial charge in [-0.15, -0.1) is 0 Å². The molecule has 5 aromatic rings. The van der Waals surface area contributed by atoms with Crippen molar-refractivity contribution in [2.24, 2.45) is 0 Å². The Labute approximate surface area is 208 Å². The lowest BCUT2D eigenvalue weighted by molar-refractivity contribution is -0.311. The highest BCUT2D eigenvalue weighted by molar-refractivity contribution is 6.36. The predicted molar refractivity (Wildman–Crippen MR) is 132 cm³/mol. The van der Waals surface area contributed by atoms with Gasteiger partial charge in [-0.1, -0.05) is 36.4 Å². The molecule has 0 aliphatic carbocycles. The van der Waals surface area contributed by atoms with Crippen LogP contribution < -0.4 is 0 Å². The minimum absolute atomic E-state index is 0.163. The minimum atomic E-state index is -1.41. The number of nitrogens with zero attached hydrogens (tertiary/aromatic N) is 1. The van der Waals surface area contributed by atoms with Gasteiger partial charge in [-0.3, -0.25) is 0 Å². The van der Waals surface area contributed by atoms with Gasteiger partial charge in [0.15, 0.2) is 12.5 Å². The van der Waals surface area contributed by atoms with Gasteiger partial charge in [0, 0.05) is 41.3 Å². The number of benzene rings is 3. The third kappa shape index (κ3) is 2.81. The number of H-pyrrole nitrogens is 1. The number of nitrogens with one attached hydrogen (secondary N) is 1. The average molecular weight is 502 g/mol. The van der Waals surface area contributed by atoms with E-state index >= 15 is 0 Å². The summed E-state index contributed by atoms with van der Waals surface area (Å²) >= 11 is 0. The standard InChI is InChI=1S/C27H22N2O8/c1-34-23-21(30)22(31)24(36-27(23)35-2)29-14-10-6-4-8-12(14)16-18-17(25(32)37-26(18)33)15-11-7-3-5-9-13(11)28-19(15)20(16)29/h3-10,21-24,27-28,30-31H,1-2H3/t21-,22-,23-,24?,27+/m0/s1. The molecule has 37 heavy (non-hydrogen) atoms. The highest BCUT2D eigenvalue weighted by Gasteiger charge is 2.47. The molecule has 5 atom stereocenters. The summed E-state index contributed by atoms with van der Waals surface area (Å²) in [5.41, 5.74) is 2.85. The summed E-state index contributed by atoms with van der Waals surface area (Å²) in [6.45, 7) is 0. The smallest absolute Gasteiger partial charge is 0.347 e. The van der Waals surface area contributed by atoms with Crippen molar-refractivity contribution in [2.45, 2.75) is 30.8 Å². The molecule has 3 aromatic carbocycles.